The van der Waals surface area contributed by atoms with Gasteiger partial charge in [0.2, 0.25) is 0 Å². The third kappa shape index (κ3) is 3.94. The van der Waals surface area contributed by atoms with Crippen LogP contribution >= 0.6 is 27.7 Å². The van der Waals surface area contributed by atoms with Gasteiger partial charge >= 0.3 is 0 Å². The molecule has 4 aromatic rings. The van der Waals surface area contributed by atoms with Crippen LogP contribution < -0.4 is 11.1 Å². The van der Waals surface area contributed by atoms with Crippen LogP contribution in [0.3, 0.4) is 0 Å². The zero-order chi connectivity index (χ0) is 21.4. The average Bonchev–Trinajstić information content (AvgIpc) is 2.72. The number of hydrogen-bond acceptors (Lipinski definition) is 5. The van der Waals surface area contributed by atoms with Gasteiger partial charge in [0, 0.05) is 18.1 Å². The Morgan fingerprint density at radius 3 is 2.50 bits per heavy atom. The van der Waals surface area contributed by atoms with Crippen molar-refractivity contribution in [2.75, 3.05) is 0 Å². The predicted molar refractivity (Wildman–Crippen MR) is 125 cm³/mol. The van der Waals surface area contributed by atoms with Crippen molar-refractivity contribution >= 4 is 49.5 Å². The summed E-state index contributed by atoms with van der Waals surface area (Å²) >= 11 is 4.86. The van der Waals surface area contributed by atoms with Crippen LogP contribution in [0.15, 0.2) is 61.7 Å². The van der Waals surface area contributed by atoms with Gasteiger partial charge in [-0.25, -0.2) is 9.97 Å². The maximum Gasteiger partial charge on any atom is 0.262 e. The van der Waals surface area contributed by atoms with Crippen LogP contribution in [0.1, 0.15) is 19.7 Å². The van der Waals surface area contributed by atoms with Crippen LogP contribution in [0.2, 0.25) is 0 Å². The summed E-state index contributed by atoms with van der Waals surface area (Å²) in [5.41, 5.74) is 1.20. The van der Waals surface area contributed by atoms with Crippen LogP contribution in [-0.2, 0) is 19.3 Å². The highest BCUT2D eigenvalue weighted by atomic mass is 79.9. The molecule has 0 saturated carbocycles. The standard InChI is InChI=1S/C22H21BrN4O2S/c1-13(2)11-27-21(29)16-10-14(23)8-9-18(16)25-22(27)30-12-19-24-17-7-5-4-6-15(17)20(28)26(19)3/h4-10,13H,11-12H2,1-3H3. The largest absolute Gasteiger partial charge is 0.299 e. The second-order valence-corrected chi connectivity index (χ2v) is 9.42. The first-order valence-electron chi connectivity index (χ1n) is 9.62. The fourth-order valence-corrected chi connectivity index (χ4v) is 4.68. The lowest BCUT2D eigenvalue weighted by Crippen LogP contribution is -2.26. The van der Waals surface area contributed by atoms with Gasteiger partial charge < -0.3 is 0 Å². The molecule has 2 aromatic carbocycles. The zero-order valence-electron chi connectivity index (χ0n) is 16.9. The molecule has 0 atom stereocenters. The Hall–Kier alpha value is -2.45. The fraction of sp³-hybridized carbons (Fsp3) is 0.273. The van der Waals surface area contributed by atoms with Gasteiger partial charge in [-0.2, -0.15) is 0 Å². The molecule has 2 heterocycles. The van der Waals surface area contributed by atoms with Crippen LogP contribution in [0.4, 0.5) is 0 Å². The van der Waals surface area contributed by atoms with Crippen molar-refractivity contribution < 1.29 is 0 Å². The highest BCUT2D eigenvalue weighted by molar-refractivity contribution is 9.10. The summed E-state index contributed by atoms with van der Waals surface area (Å²) in [7, 11) is 1.73. The molecule has 0 aliphatic carbocycles. The van der Waals surface area contributed by atoms with E-state index in [9.17, 15) is 9.59 Å². The summed E-state index contributed by atoms with van der Waals surface area (Å²) in [6.07, 6.45) is 0. The zero-order valence-corrected chi connectivity index (χ0v) is 19.3. The molecule has 0 aliphatic rings. The summed E-state index contributed by atoms with van der Waals surface area (Å²) in [5, 5.41) is 1.82. The number of benzene rings is 2. The van der Waals surface area contributed by atoms with Gasteiger partial charge in [0.25, 0.3) is 11.1 Å². The molecular weight excluding hydrogens is 464 g/mol. The van der Waals surface area contributed by atoms with Crippen LogP contribution in [0, 0.1) is 5.92 Å². The maximum absolute atomic E-state index is 13.2. The quantitative estimate of drug-likeness (QED) is 0.311. The minimum atomic E-state index is -0.0768. The van der Waals surface area contributed by atoms with Crippen molar-refractivity contribution in [1.82, 2.24) is 19.1 Å². The van der Waals surface area contributed by atoms with Gasteiger partial charge in [0.05, 0.1) is 27.6 Å². The van der Waals surface area contributed by atoms with E-state index in [0.29, 0.717) is 45.1 Å². The first-order valence-corrected chi connectivity index (χ1v) is 11.4. The summed E-state index contributed by atoms with van der Waals surface area (Å²) in [6.45, 7) is 4.71. The summed E-state index contributed by atoms with van der Waals surface area (Å²) in [5.74, 6) is 1.37. The molecule has 6 nitrogen and oxygen atoms in total. The predicted octanol–water partition coefficient (Wildman–Crippen LogP) is 4.35. The second kappa shape index (κ2) is 8.35. The van der Waals surface area contributed by atoms with E-state index in [-0.39, 0.29) is 17.0 Å². The number of hydrogen-bond donors (Lipinski definition) is 0. The number of halogens is 1. The Kier molecular flexibility index (Phi) is 5.79. The van der Waals surface area contributed by atoms with Crippen molar-refractivity contribution in [1.29, 1.82) is 0 Å². The third-order valence-electron chi connectivity index (χ3n) is 4.84. The Labute approximate surface area is 186 Å². The molecule has 0 bridgehead atoms. The van der Waals surface area contributed by atoms with Gasteiger partial charge in [-0.15, -0.1) is 0 Å². The topological polar surface area (TPSA) is 69.8 Å². The van der Waals surface area contributed by atoms with Gasteiger partial charge in [0.1, 0.15) is 5.82 Å². The van der Waals surface area contributed by atoms with Crippen molar-refractivity contribution in [3.05, 3.63) is 73.5 Å². The van der Waals surface area contributed by atoms with E-state index in [4.69, 9.17) is 4.98 Å². The fourth-order valence-electron chi connectivity index (χ4n) is 3.33. The lowest BCUT2D eigenvalue weighted by atomic mass is 10.2. The molecule has 0 N–H and O–H groups in total. The minimum absolute atomic E-state index is 0.0575. The molecule has 0 aliphatic heterocycles. The Bertz CT molecular complexity index is 1380. The van der Waals surface area contributed by atoms with Gasteiger partial charge in [-0.1, -0.05) is 53.7 Å². The van der Waals surface area contributed by atoms with Crippen LogP contribution in [0.25, 0.3) is 21.8 Å². The lowest BCUT2D eigenvalue weighted by molar-refractivity contribution is 0.475. The molecule has 0 unspecified atom stereocenters. The SMILES string of the molecule is CC(C)Cn1c(SCc2nc3ccccc3c(=O)n2C)nc2ccc(Br)cc2c1=O. The molecule has 154 valence electrons. The van der Waals surface area contributed by atoms with E-state index in [1.54, 1.807) is 22.2 Å². The highest BCUT2D eigenvalue weighted by Crippen LogP contribution is 2.24. The van der Waals surface area contributed by atoms with Gasteiger partial charge in [0.15, 0.2) is 5.16 Å². The molecular formula is C22H21BrN4O2S. The van der Waals surface area contributed by atoms with Gasteiger partial charge in [-0.05, 0) is 36.2 Å². The number of para-hydroxylation sites is 1. The molecule has 0 radical (unpaired) electrons. The summed E-state index contributed by atoms with van der Waals surface area (Å²) < 4.78 is 4.14. The highest BCUT2D eigenvalue weighted by Gasteiger charge is 2.15. The van der Waals surface area contributed by atoms with E-state index in [0.717, 1.165) is 4.47 Å². The number of aromatic nitrogens is 4. The van der Waals surface area contributed by atoms with Crippen LogP contribution in [-0.4, -0.2) is 19.1 Å². The second-order valence-electron chi connectivity index (χ2n) is 7.56. The molecule has 2 aromatic heterocycles. The summed E-state index contributed by atoms with van der Waals surface area (Å²) in [4.78, 5) is 35.2. The van der Waals surface area contributed by atoms with E-state index in [1.807, 2.05) is 36.4 Å². The smallest absolute Gasteiger partial charge is 0.262 e. The van der Waals surface area contributed by atoms with E-state index >= 15 is 0 Å². The number of rotatable bonds is 5. The normalized spacial score (nSPS) is 11.6. The minimum Gasteiger partial charge on any atom is -0.299 e. The lowest BCUT2D eigenvalue weighted by Gasteiger charge is -2.15. The molecule has 8 heteroatoms. The molecule has 4 rings (SSSR count). The Balaban J connectivity index is 1.78. The third-order valence-corrected chi connectivity index (χ3v) is 6.30. The maximum atomic E-state index is 13.2. The first kappa shape index (κ1) is 20.8. The molecule has 0 saturated heterocycles. The number of nitrogens with zero attached hydrogens (tertiary/aromatic N) is 4. The van der Waals surface area contributed by atoms with Crippen molar-refractivity contribution in [2.24, 2.45) is 13.0 Å². The number of thioether (sulfide) groups is 1. The van der Waals surface area contributed by atoms with Crippen molar-refractivity contribution in [3.63, 3.8) is 0 Å². The van der Waals surface area contributed by atoms with E-state index in [2.05, 4.69) is 34.8 Å². The Morgan fingerprint density at radius 2 is 1.73 bits per heavy atom. The molecule has 0 amide bonds. The molecule has 0 fully saturated rings. The van der Waals surface area contributed by atoms with E-state index < -0.39 is 0 Å². The molecule has 0 spiro atoms. The average molecular weight is 485 g/mol. The van der Waals surface area contributed by atoms with E-state index in [1.165, 1.54) is 11.8 Å². The van der Waals surface area contributed by atoms with Crippen molar-refractivity contribution in [3.8, 4) is 0 Å². The monoisotopic (exact) mass is 484 g/mol. The first-order chi connectivity index (χ1) is 14.3. The van der Waals surface area contributed by atoms with Gasteiger partial charge in [-0.3, -0.25) is 18.7 Å². The van der Waals surface area contributed by atoms with Crippen LogP contribution in [0.5, 0.6) is 0 Å². The Morgan fingerprint density at radius 1 is 1.00 bits per heavy atom. The molecule has 30 heavy (non-hydrogen) atoms. The number of fused-ring (bicyclic) bond motifs is 2. The van der Waals surface area contributed by atoms with Crippen molar-refractivity contribution in [2.45, 2.75) is 31.3 Å². The summed E-state index contributed by atoms with van der Waals surface area (Å²) in [6, 6.07) is 12.9.